The Kier molecular flexibility index (Phi) is 5.16. The predicted molar refractivity (Wildman–Crippen MR) is 79.2 cm³/mol. The molecule has 1 heterocycles. The first-order valence-electron chi connectivity index (χ1n) is 7.06. The molecule has 0 aliphatic carbocycles. The summed E-state index contributed by atoms with van der Waals surface area (Å²) in [6.07, 6.45) is 0. The SMILES string of the molecule is COC(=O)c1ccc(C(C)NC(=O)N2CCNCC2)cc1. The Morgan fingerprint density at radius 2 is 1.86 bits per heavy atom. The van der Waals surface area contributed by atoms with Crippen LogP contribution in [0.3, 0.4) is 0 Å². The number of ether oxygens (including phenoxy) is 1. The molecule has 1 fully saturated rings. The van der Waals surface area contributed by atoms with Crippen molar-refractivity contribution < 1.29 is 14.3 Å². The normalized spacial score (nSPS) is 16.2. The summed E-state index contributed by atoms with van der Waals surface area (Å²) >= 11 is 0. The zero-order valence-corrected chi connectivity index (χ0v) is 12.4. The number of methoxy groups -OCH3 is 1. The molecule has 6 heteroatoms. The highest BCUT2D eigenvalue weighted by Crippen LogP contribution is 2.14. The number of carbonyl (C=O) groups excluding carboxylic acids is 2. The van der Waals surface area contributed by atoms with E-state index in [1.54, 1.807) is 17.0 Å². The van der Waals surface area contributed by atoms with Gasteiger partial charge < -0.3 is 20.3 Å². The molecule has 1 saturated heterocycles. The lowest BCUT2D eigenvalue weighted by Gasteiger charge is -2.29. The minimum atomic E-state index is -0.362. The van der Waals surface area contributed by atoms with E-state index in [9.17, 15) is 9.59 Å². The van der Waals surface area contributed by atoms with Gasteiger partial charge in [0.25, 0.3) is 0 Å². The van der Waals surface area contributed by atoms with E-state index in [1.165, 1.54) is 7.11 Å². The minimum absolute atomic E-state index is 0.0546. The third-order valence-electron chi connectivity index (χ3n) is 3.58. The number of amides is 2. The molecule has 0 saturated carbocycles. The van der Waals surface area contributed by atoms with Gasteiger partial charge in [-0.1, -0.05) is 12.1 Å². The topological polar surface area (TPSA) is 70.7 Å². The Labute approximate surface area is 124 Å². The van der Waals surface area contributed by atoms with Gasteiger partial charge in [-0.3, -0.25) is 0 Å². The molecule has 2 N–H and O–H groups in total. The molecule has 0 aromatic heterocycles. The zero-order valence-electron chi connectivity index (χ0n) is 12.4. The minimum Gasteiger partial charge on any atom is -0.465 e. The second kappa shape index (κ2) is 7.08. The maximum atomic E-state index is 12.1. The summed E-state index contributed by atoms with van der Waals surface area (Å²) < 4.78 is 4.66. The van der Waals surface area contributed by atoms with Crippen LogP contribution < -0.4 is 10.6 Å². The van der Waals surface area contributed by atoms with Crippen LogP contribution in [0.4, 0.5) is 4.79 Å². The quantitative estimate of drug-likeness (QED) is 0.820. The Bertz CT molecular complexity index is 495. The Morgan fingerprint density at radius 1 is 1.24 bits per heavy atom. The van der Waals surface area contributed by atoms with E-state index in [0.29, 0.717) is 5.56 Å². The number of carbonyl (C=O) groups is 2. The van der Waals surface area contributed by atoms with Gasteiger partial charge in [0.15, 0.2) is 0 Å². The average Bonchev–Trinajstić information content (AvgIpc) is 2.55. The lowest BCUT2D eigenvalue weighted by molar-refractivity contribution is 0.0600. The highest BCUT2D eigenvalue weighted by molar-refractivity contribution is 5.89. The van der Waals surface area contributed by atoms with Gasteiger partial charge in [-0.25, -0.2) is 9.59 Å². The molecule has 1 aromatic carbocycles. The summed E-state index contributed by atoms with van der Waals surface area (Å²) in [6.45, 7) is 5.03. The van der Waals surface area contributed by atoms with Crippen molar-refractivity contribution >= 4 is 12.0 Å². The largest absolute Gasteiger partial charge is 0.465 e. The average molecular weight is 291 g/mol. The van der Waals surface area contributed by atoms with E-state index in [4.69, 9.17) is 0 Å². The van der Waals surface area contributed by atoms with Gasteiger partial charge in [0.2, 0.25) is 0 Å². The Morgan fingerprint density at radius 3 is 2.43 bits per heavy atom. The molecular weight excluding hydrogens is 270 g/mol. The predicted octanol–water partition coefficient (Wildman–Crippen LogP) is 1.15. The fourth-order valence-corrected chi connectivity index (χ4v) is 2.25. The number of urea groups is 1. The van der Waals surface area contributed by atoms with Crippen LogP contribution in [0, 0.1) is 0 Å². The molecule has 1 aromatic rings. The van der Waals surface area contributed by atoms with Crippen molar-refractivity contribution in [3.8, 4) is 0 Å². The molecule has 2 amide bonds. The van der Waals surface area contributed by atoms with E-state index in [1.807, 2.05) is 19.1 Å². The van der Waals surface area contributed by atoms with Crippen molar-refractivity contribution in [2.24, 2.45) is 0 Å². The van der Waals surface area contributed by atoms with Crippen molar-refractivity contribution in [1.29, 1.82) is 0 Å². The van der Waals surface area contributed by atoms with Gasteiger partial charge in [0.05, 0.1) is 18.7 Å². The number of rotatable bonds is 3. The third kappa shape index (κ3) is 3.95. The molecule has 0 spiro atoms. The fourth-order valence-electron chi connectivity index (χ4n) is 2.25. The molecule has 0 bridgehead atoms. The number of nitrogens with one attached hydrogen (secondary N) is 2. The monoisotopic (exact) mass is 291 g/mol. The first kappa shape index (κ1) is 15.3. The van der Waals surface area contributed by atoms with Crippen LogP contribution in [0.1, 0.15) is 28.9 Å². The zero-order chi connectivity index (χ0) is 15.2. The number of nitrogens with zero attached hydrogens (tertiary/aromatic N) is 1. The van der Waals surface area contributed by atoms with E-state index in [-0.39, 0.29) is 18.0 Å². The van der Waals surface area contributed by atoms with Crippen molar-refractivity contribution in [2.45, 2.75) is 13.0 Å². The Balaban J connectivity index is 1.94. The molecule has 1 unspecified atom stereocenters. The molecule has 0 radical (unpaired) electrons. The lowest BCUT2D eigenvalue weighted by atomic mass is 10.1. The fraction of sp³-hybridized carbons (Fsp3) is 0.467. The molecule has 1 aliphatic rings. The van der Waals surface area contributed by atoms with Crippen LogP contribution in [0.25, 0.3) is 0 Å². The third-order valence-corrected chi connectivity index (χ3v) is 3.58. The second-order valence-corrected chi connectivity index (χ2v) is 5.02. The molecule has 2 rings (SSSR count). The van der Waals surface area contributed by atoms with Crippen LogP contribution in [0.2, 0.25) is 0 Å². The van der Waals surface area contributed by atoms with E-state index >= 15 is 0 Å². The molecule has 1 atom stereocenters. The first-order valence-corrected chi connectivity index (χ1v) is 7.06. The second-order valence-electron chi connectivity index (χ2n) is 5.02. The maximum absolute atomic E-state index is 12.1. The molecule has 114 valence electrons. The molecule has 6 nitrogen and oxygen atoms in total. The number of hydrogen-bond donors (Lipinski definition) is 2. The lowest BCUT2D eigenvalue weighted by Crippen LogP contribution is -2.50. The van der Waals surface area contributed by atoms with E-state index in [0.717, 1.165) is 31.7 Å². The summed E-state index contributed by atoms with van der Waals surface area (Å²) in [6, 6.07) is 6.90. The number of hydrogen-bond acceptors (Lipinski definition) is 4. The van der Waals surface area contributed by atoms with Gasteiger partial charge in [0, 0.05) is 26.2 Å². The number of esters is 1. The van der Waals surface area contributed by atoms with Crippen LogP contribution in [0.5, 0.6) is 0 Å². The van der Waals surface area contributed by atoms with Gasteiger partial charge in [-0.2, -0.15) is 0 Å². The molecule has 21 heavy (non-hydrogen) atoms. The van der Waals surface area contributed by atoms with Gasteiger partial charge in [-0.15, -0.1) is 0 Å². The van der Waals surface area contributed by atoms with Crippen LogP contribution >= 0.6 is 0 Å². The molecular formula is C15H21N3O3. The summed E-state index contributed by atoms with van der Waals surface area (Å²) in [5.41, 5.74) is 1.45. The van der Waals surface area contributed by atoms with Gasteiger partial charge in [0.1, 0.15) is 0 Å². The Hall–Kier alpha value is -2.08. The van der Waals surface area contributed by atoms with Crippen LogP contribution in [-0.2, 0) is 4.74 Å². The van der Waals surface area contributed by atoms with E-state index < -0.39 is 0 Å². The van der Waals surface area contributed by atoms with Crippen molar-refractivity contribution in [3.05, 3.63) is 35.4 Å². The van der Waals surface area contributed by atoms with Crippen LogP contribution in [0.15, 0.2) is 24.3 Å². The first-order chi connectivity index (χ1) is 10.1. The standard InChI is InChI=1S/C15H21N3O3/c1-11(17-15(20)18-9-7-16-8-10-18)12-3-5-13(6-4-12)14(19)21-2/h3-6,11,16H,7-10H2,1-2H3,(H,17,20). The van der Waals surface area contributed by atoms with Gasteiger partial charge >= 0.3 is 12.0 Å². The summed E-state index contributed by atoms with van der Waals surface area (Å²) in [7, 11) is 1.35. The van der Waals surface area contributed by atoms with Crippen molar-refractivity contribution in [1.82, 2.24) is 15.5 Å². The highest BCUT2D eigenvalue weighted by atomic mass is 16.5. The van der Waals surface area contributed by atoms with Crippen LogP contribution in [-0.4, -0.2) is 50.2 Å². The number of piperazine rings is 1. The smallest absolute Gasteiger partial charge is 0.337 e. The highest BCUT2D eigenvalue weighted by Gasteiger charge is 2.18. The number of benzene rings is 1. The summed E-state index contributed by atoms with van der Waals surface area (Å²) in [4.78, 5) is 25.3. The van der Waals surface area contributed by atoms with E-state index in [2.05, 4.69) is 15.4 Å². The summed E-state index contributed by atoms with van der Waals surface area (Å²) in [5.74, 6) is -0.362. The summed E-state index contributed by atoms with van der Waals surface area (Å²) in [5, 5.41) is 6.18. The van der Waals surface area contributed by atoms with Crippen molar-refractivity contribution in [3.63, 3.8) is 0 Å². The van der Waals surface area contributed by atoms with Gasteiger partial charge in [-0.05, 0) is 24.6 Å². The maximum Gasteiger partial charge on any atom is 0.337 e. The van der Waals surface area contributed by atoms with Crippen molar-refractivity contribution in [2.75, 3.05) is 33.3 Å². The molecule has 1 aliphatic heterocycles.